The molecule has 1 saturated heterocycles. The molecule has 0 radical (unpaired) electrons. The maximum Gasteiger partial charge on any atom is 0.263 e. The molecule has 0 atom stereocenters. The van der Waals surface area contributed by atoms with Crippen LogP contribution in [0.15, 0.2) is 47.4 Å². The maximum absolute atomic E-state index is 11.8. The van der Waals surface area contributed by atoms with E-state index in [1.807, 2.05) is 42.5 Å². The fourth-order valence-electron chi connectivity index (χ4n) is 2.57. The number of methoxy groups -OCH3 is 2. The van der Waals surface area contributed by atoms with Gasteiger partial charge in [-0.1, -0.05) is 30.0 Å². The van der Waals surface area contributed by atoms with Gasteiger partial charge in [0, 0.05) is 6.42 Å². The van der Waals surface area contributed by atoms with E-state index in [1.54, 1.807) is 20.3 Å². The summed E-state index contributed by atoms with van der Waals surface area (Å²) in [6, 6.07) is 13.0. The number of carbonyl (C=O) groups excluding carboxylic acids is 1. The Hall–Kier alpha value is -2.71. The number of hydrogen-bond acceptors (Lipinski definition) is 7. The smallest absolute Gasteiger partial charge is 0.263 e. The molecule has 1 fully saturated rings. The minimum Gasteiger partial charge on any atom is -0.497 e. The molecule has 1 aliphatic rings. The van der Waals surface area contributed by atoms with Crippen molar-refractivity contribution in [1.29, 1.82) is 0 Å². The molecule has 0 bridgehead atoms. The topological polar surface area (TPSA) is 66.0 Å². The third-order valence-electron chi connectivity index (χ3n) is 4.00. The van der Waals surface area contributed by atoms with Gasteiger partial charge in [0.15, 0.2) is 11.5 Å². The molecule has 2 aromatic rings. The zero-order chi connectivity index (χ0) is 20.6. The van der Waals surface area contributed by atoms with Gasteiger partial charge in [-0.3, -0.25) is 4.79 Å². The number of carbonyl (C=O) groups is 1. The van der Waals surface area contributed by atoms with Crippen LogP contribution in [-0.4, -0.2) is 37.7 Å². The van der Waals surface area contributed by atoms with Gasteiger partial charge < -0.3 is 24.3 Å². The van der Waals surface area contributed by atoms with Gasteiger partial charge in [-0.25, -0.2) is 0 Å². The highest BCUT2D eigenvalue weighted by Gasteiger charge is 2.22. The molecule has 1 aliphatic heterocycles. The van der Waals surface area contributed by atoms with Crippen molar-refractivity contribution in [2.45, 2.75) is 6.42 Å². The average molecular weight is 432 g/mol. The average Bonchev–Trinajstić information content (AvgIpc) is 3.05. The van der Waals surface area contributed by atoms with E-state index in [4.69, 9.17) is 31.2 Å². The van der Waals surface area contributed by atoms with Gasteiger partial charge in [0.25, 0.3) is 5.91 Å². The summed E-state index contributed by atoms with van der Waals surface area (Å²) in [5.74, 6) is 2.63. The summed E-state index contributed by atoms with van der Waals surface area (Å²) in [7, 11) is 3.21. The second kappa shape index (κ2) is 10.2. The Kier molecular flexibility index (Phi) is 7.37. The lowest BCUT2D eigenvalue weighted by atomic mass is 10.2. The van der Waals surface area contributed by atoms with E-state index < -0.39 is 0 Å². The molecular weight excluding hydrogens is 410 g/mol. The molecule has 1 heterocycles. The van der Waals surface area contributed by atoms with Crippen molar-refractivity contribution >= 4 is 40.3 Å². The zero-order valence-corrected chi connectivity index (χ0v) is 17.7. The van der Waals surface area contributed by atoms with Crippen molar-refractivity contribution in [2.24, 2.45) is 0 Å². The van der Waals surface area contributed by atoms with Crippen LogP contribution in [0.3, 0.4) is 0 Å². The Morgan fingerprint density at radius 1 is 0.966 bits per heavy atom. The van der Waals surface area contributed by atoms with E-state index in [0.29, 0.717) is 33.9 Å². The summed E-state index contributed by atoms with van der Waals surface area (Å²) in [5.41, 5.74) is 0.833. The van der Waals surface area contributed by atoms with Crippen molar-refractivity contribution in [1.82, 2.24) is 5.32 Å². The molecule has 29 heavy (non-hydrogen) atoms. The summed E-state index contributed by atoms with van der Waals surface area (Å²) < 4.78 is 22.5. The summed E-state index contributed by atoms with van der Waals surface area (Å²) >= 11 is 6.24. The van der Waals surface area contributed by atoms with Crippen molar-refractivity contribution in [2.75, 3.05) is 27.4 Å². The molecule has 152 valence electrons. The highest BCUT2D eigenvalue weighted by atomic mass is 32.2. The first kappa shape index (κ1) is 21.0. The molecule has 0 saturated carbocycles. The molecule has 2 aromatic carbocycles. The van der Waals surface area contributed by atoms with Crippen molar-refractivity contribution in [3.05, 3.63) is 52.9 Å². The van der Waals surface area contributed by atoms with Crippen LogP contribution in [0.25, 0.3) is 6.08 Å². The van der Waals surface area contributed by atoms with Crippen LogP contribution in [0.4, 0.5) is 0 Å². The zero-order valence-electron chi connectivity index (χ0n) is 16.1. The van der Waals surface area contributed by atoms with Crippen LogP contribution in [-0.2, 0) is 4.79 Å². The van der Waals surface area contributed by atoms with Crippen molar-refractivity contribution in [3.63, 3.8) is 0 Å². The first-order valence-corrected chi connectivity index (χ1v) is 10.1. The van der Waals surface area contributed by atoms with E-state index in [9.17, 15) is 4.79 Å². The second-order valence-corrected chi connectivity index (χ2v) is 7.71. The molecular formula is C21H21NO5S2. The van der Waals surface area contributed by atoms with Crippen LogP contribution in [0, 0.1) is 0 Å². The lowest BCUT2D eigenvalue weighted by Crippen LogP contribution is -2.17. The van der Waals surface area contributed by atoms with Crippen LogP contribution in [0.2, 0.25) is 0 Å². The standard InChI is InChI=1S/C21H21NO5S2/c1-24-15-5-7-16(8-6-15)26-10-3-11-27-17-9-4-14(12-18(17)25-2)13-19-20(23)22-21(28)29-19/h4-9,12-13H,3,10-11H2,1-2H3,(H,22,23,28)/b19-13+. The number of benzene rings is 2. The van der Waals surface area contributed by atoms with Gasteiger partial charge in [0.05, 0.1) is 32.3 Å². The van der Waals surface area contributed by atoms with E-state index in [0.717, 1.165) is 23.5 Å². The summed E-state index contributed by atoms with van der Waals surface area (Å²) in [6.45, 7) is 1.02. The number of rotatable bonds is 9. The molecule has 0 unspecified atom stereocenters. The van der Waals surface area contributed by atoms with Crippen LogP contribution >= 0.6 is 24.0 Å². The second-order valence-electron chi connectivity index (χ2n) is 5.99. The molecule has 8 heteroatoms. The number of ether oxygens (including phenoxy) is 4. The van der Waals surface area contributed by atoms with E-state index in [1.165, 1.54) is 11.8 Å². The molecule has 0 aromatic heterocycles. The number of amides is 1. The molecule has 0 aliphatic carbocycles. The third-order valence-corrected chi connectivity index (χ3v) is 5.16. The summed E-state index contributed by atoms with van der Waals surface area (Å²) in [5, 5.41) is 2.60. The molecule has 1 N–H and O–H groups in total. The fraction of sp³-hybridized carbons (Fsp3) is 0.238. The summed E-state index contributed by atoms with van der Waals surface area (Å²) in [4.78, 5) is 12.3. The maximum atomic E-state index is 11.8. The number of thiocarbonyl (C=S) groups is 1. The molecule has 0 spiro atoms. The quantitative estimate of drug-likeness (QED) is 0.365. The Bertz CT molecular complexity index is 912. The van der Waals surface area contributed by atoms with Crippen LogP contribution in [0.5, 0.6) is 23.0 Å². The Balaban J connectivity index is 1.51. The monoisotopic (exact) mass is 431 g/mol. The Labute approximate surface area is 179 Å². The molecule has 1 amide bonds. The molecule has 3 rings (SSSR count). The lowest BCUT2D eigenvalue weighted by Gasteiger charge is -2.12. The highest BCUT2D eigenvalue weighted by molar-refractivity contribution is 8.26. The fourth-order valence-corrected chi connectivity index (χ4v) is 3.61. The van der Waals surface area contributed by atoms with Crippen LogP contribution in [0.1, 0.15) is 12.0 Å². The van der Waals surface area contributed by atoms with Crippen molar-refractivity contribution < 1.29 is 23.7 Å². The third kappa shape index (κ3) is 5.88. The minimum absolute atomic E-state index is 0.184. The van der Waals surface area contributed by atoms with Gasteiger partial charge >= 0.3 is 0 Å². The Morgan fingerprint density at radius 3 is 2.34 bits per heavy atom. The SMILES string of the molecule is COc1ccc(OCCCOc2ccc(/C=C3/SC(=S)NC3=O)cc2OC)cc1. The van der Waals surface area contributed by atoms with Gasteiger partial charge in [0.1, 0.15) is 15.8 Å². The van der Waals surface area contributed by atoms with E-state index >= 15 is 0 Å². The lowest BCUT2D eigenvalue weighted by molar-refractivity contribution is -0.115. The normalized spacial score (nSPS) is 14.6. The first-order chi connectivity index (χ1) is 14.1. The predicted molar refractivity (Wildman–Crippen MR) is 118 cm³/mol. The number of nitrogens with one attached hydrogen (secondary N) is 1. The number of thioether (sulfide) groups is 1. The van der Waals surface area contributed by atoms with Gasteiger partial charge in [0.2, 0.25) is 0 Å². The van der Waals surface area contributed by atoms with Gasteiger partial charge in [-0.05, 0) is 48.0 Å². The van der Waals surface area contributed by atoms with Crippen LogP contribution < -0.4 is 24.3 Å². The Morgan fingerprint density at radius 2 is 1.69 bits per heavy atom. The minimum atomic E-state index is -0.184. The van der Waals surface area contributed by atoms with Crippen molar-refractivity contribution in [3.8, 4) is 23.0 Å². The van der Waals surface area contributed by atoms with E-state index in [2.05, 4.69) is 5.32 Å². The summed E-state index contributed by atoms with van der Waals surface area (Å²) in [6.07, 6.45) is 2.49. The largest absolute Gasteiger partial charge is 0.497 e. The highest BCUT2D eigenvalue weighted by Crippen LogP contribution is 2.31. The first-order valence-electron chi connectivity index (χ1n) is 8.91. The van der Waals surface area contributed by atoms with Gasteiger partial charge in [-0.15, -0.1) is 0 Å². The number of hydrogen-bond donors (Lipinski definition) is 1. The molecule has 6 nitrogen and oxygen atoms in total. The predicted octanol–water partition coefficient (Wildman–Crippen LogP) is 4.04. The van der Waals surface area contributed by atoms with E-state index in [-0.39, 0.29) is 5.91 Å². The van der Waals surface area contributed by atoms with Gasteiger partial charge in [-0.2, -0.15) is 0 Å².